The Morgan fingerprint density at radius 3 is 2.71 bits per heavy atom. The van der Waals surface area contributed by atoms with E-state index in [0.29, 0.717) is 25.9 Å². The fourth-order valence-corrected chi connectivity index (χ4v) is 1.95. The Bertz CT molecular complexity index is 506. The number of carboxylic acid groups (broad SMARTS) is 1. The van der Waals surface area contributed by atoms with Crippen LogP contribution < -0.4 is 5.32 Å². The zero-order chi connectivity index (χ0) is 15.8. The lowest BCUT2D eigenvalue weighted by Crippen LogP contribution is -2.38. The van der Waals surface area contributed by atoms with Crippen LogP contribution in [0.5, 0.6) is 0 Å². The zero-order valence-electron chi connectivity index (χ0n) is 12.4. The zero-order valence-corrected chi connectivity index (χ0v) is 12.4. The van der Waals surface area contributed by atoms with Crippen molar-refractivity contribution in [3.05, 3.63) is 35.1 Å². The van der Waals surface area contributed by atoms with Gasteiger partial charge in [0.05, 0.1) is 0 Å². The quantitative estimate of drug-likeness (QED) is 0.810. The van der Waals surface area contributed by atoms with Crippen LogP contribution in [0.25, 0.3) is 0 Å². The molecule has 0 radical (unpaired) electrons. The van der Waals surface area contributed by atoms with E-state index in [0.717, 1.165) is 11.1 Å². The predicted octanol–water partition coefficient (Wildman–Crippen LogP) is 2.18. The van der Waals surface area contributed by atoms with Gasteiger partial charge in [-0.15, -0.1) is 0 Å². The fraction of sp³-hybridized carbons (Fsp3) is 0.467. The van der Waals surface area contributed by atoms with E-state index in [1.54, 1.807) is 13.1 Å². The smallest absolute Gasteiger partial charge is 0.317 e. The van der Waals surface area contributed by atoms with E-state index < -0.39 is 5.97 Å². The maximum atomic E-state index is 13.0. The summed E-state index contributed by atoms with van der Waals surface area (Å²) in [7, 11) is 1.63. The molecule has 6 heteroatoms. The summed E-state index contributed by atoms with van der Waals surface area (Å²) in [6.07, 6.45) is 1.10. The highest BCUT2D eigenvalue weighted by molar-refractivity contribution is 5.74. The molecule has 1 aromatic carbocycles. The first-order chi connectivity index (χ1) is 9.90. The van der Waals surface area contributed by atoms with Gasteiger partial charge < -0.3 is 15.3 Å². The summed E-state index contributed by atoms with van der Waals surface area (Å²) < 4.78 is 13.0. The molecule has 0 heterocycles. The third-order valence-corrected chi connectivity index (χ3v) is 3.21. The van der Waals surface area contributed by atoms with Gasteiger partial charge in [-0.2, -0.15) is 0 Å². The maximum Gasteiger partial charge on any atom is 0.317 e. The molecule has 2 N–H and O–H groups in total. The van der Waals surface area contributed by atoms with Crippen LogP contribution in [0.15, 0.2) is 18.2 Å². The molecule has 0 aliphatic rings. The first-order valence-electron chi connectivity index (χ1n) is 6.86. The largest absolute Gasteiger partial charge is 0.481 e. The summed E-state index contributed by atoms with van der Waals surface area (Å²) in [6, 6.07) is 4.35. The lowest BCUT2D eigenvalue weighted by Gasteiger charge is -2.17. The molecule has 1 aromatic rings. The molecule has 0 spiro atoms. The minimum atomic E-state index is -0.865. The number of amides is 2. The van der Waals surface area contributed by atoms with Gasteiger partial charge in [-0.3, -0.25) is 4.79 Å². The second-order valence-corrected chi connectivity index (χ2v) is 4.97. The minimum absolute atomic E-state index is 0.0480. The number of aryl methyl sites for hydroxylation is 1. The molecule has 0 unspecified atom stereocenters. The average molecular weight is 296 g/mol. The van der Waals surface area contributed by atoms with E-state index in [1.807, 2.05) is 6.92 Å². The van der Waals surface area contributed by atoms with Gasteiger partial charge in [0.15, 0.2) is 0 Å². The van der Waals surface area contributed by atoms with Crippen molar-refractivity contribution in [2.24, 2.45) is 0 Å². The molecule has 2 amide bonds. The first kappa shape index (κ1) is 16.9. The van der Waals surface area contributed by atoms with Crippen molar-refractivity contribution in [2.45, 2.75) is 26.2 Å². The number of urea groups is 1. The monoisotopic (exact) mass is 296 g/mol. The number of hydrogen-bond donors (Lipinski definition) is 2. The Labute approximate surface area is 123 Å². The van der Waals surface area contributed by atoms with E-state index in [2.05, 4.69) is 5.32 Å². The Morgan fingerprint density at radius 2 is 2.10 bits per heavy atom. The molecule has 1 rings (SSSR count). The molecule has 0 atom stereocenters. The number of carbonyl (C=O) groups is 2. The number of carboxylic acids is 1. The highest BCUT2D eigenvalue weighted by atomic mass is 19.1. The van der Waals surface area contributed by atoms with Gasteiger partial charge in [-0.25, -0.2) is 9.18 Å². The topological polar surface area (TPSA) is 69.6 Å². The summed E-state index contributed by atoms with van der Waals surface area (Å²) in [5.41, 5.74) is 1.85. The number of rotatable bonds is 7. The van der Waals surface area contributed by atoms with Gasteiger partial charge in [-0.05, 0) is 43.0 Å². The maximum absolute atomic E-state index is 13.0. The highest BCUT2D eigenvalue weighted by Gasteiger charge is 2.08. The normalized spacial score (nSPS) is 10.2. The summed E-state index contributed by atoms with van der Waals surface area (Å²) in [4.78, 5) is 23.6. The molecule has 0 aromatic heterocycles. The van der Waals surface area contributed by atoms with E-state index in [9.17, 15) is 14.0 Å². The summed E-state index contributed by atoms with van der Waals surface area (Å²) in [5.74, 6) is -1.13. The molecule has 0 fully saturated rings. The Hall–Kier alpha value is -2.11. The minimum Gasteiger partial charge on any atom is -0.481 e. The van der Waals surface area contributed by atoms with Crippen molar-refractivity contribution < 1.29 is 19.1 Å². The van der Waals surface area contributed by atoms with Crippen LogP contribution in [0.1, 0.15) is 24.0 Å². The van der Waals surface area contributed by atoms with Crippen molar-refractivity contribution in [1.82, 2.24) is 10.2 Å². The van der Waals surface area contributed by atoms with Crippen LogP contribution in [0, 0.1) is 12.7 Å². The number of nitrogens with one attached hydrogen (secondary N) is 1. The fourth-order valence-electron chi connectivity index (χ4n) is 1.95. The molecule has 116 valence electrons. The van der Waals surface area contributed by atoms with Crippen molar-refractivity contribution >= 4 is 12.0 Å². The molecule has 0 aliphatic carbocycles. The summed E-state index contributed by atoms with van der Waals surface area (Å²) in [6.45, 7) is 2.68. The second-order valence-electron chi connectivity index (χ2n) is 4.97. The molecule has 0 aliphatic heterocycles. The average Bonchev–Trinajstić information content (AvgIpc) is 2.40. The van der Waals surface area contributed by atoms with Crippen LogP contribution in [0.3, 0.4) is 0 Å². The van der Waals surface area contributed by atoms with E-state index in [-0.39, 0.29) is 18.3 Å². The number of carbonyl (C=O) groups excluding carboxylic acids is 1. The van der Waals surface area contributed by atoms with Crippen LogP contribution in [0.2, 0.25) is 0 Å². The Kier molecular flexibility index (Phi) is 6.65. The molecule has 21 heavy (non-hydrogen) atoms. The predicted molar refractivity (Wildman–Crippen MR) is 77.7 cm³/mol. The SMILES string of the molecule is Cc1cc(F)ccc1CCNC(=O)N(C)CCCC(=O)O. The second kappa shape index (κ2) is 8.24. The van der Waals surface area contributed by atoms with Gasteiger partial charge in [0.1, 0.15) is 5.82 Å². The van der Waals surface area contributed by atoms with Gasteiger partial charge >= 0.3 is 12.0 Å². The summed E-state index contributed by atoms with van der Waals surface area (Å²) in [5, 5.41) is 11.3. The number of halogens is 1. The summed E-state index contributed by atoms with van der Waals surface area (Å²) >= 11 is 0. The van der Waals surface area contributed by atoms with Gasteiger partial charge in [0.25, 0.3) is 0 Å². The first-order valence-corrected chi connectivity index (χ1v) is 6.86. The van der Waals surface area contributed by atoms with Crippen LogP contribution in [-0.2, 0) is 11.2 Å². The van der Waals surface area contributed by atoms with E-state index in [1.165, 1.54) is 17.0 Å². The molecule has 0 bridgehead atoms. The number of nitrogens with zero attached hydrogens (tertiary/aromatic N) is 1. The van der Waals surface area contributed by atoms with Gasteiger partial charge in [0, 0.05) is 26.6 Å². The lowest BCUT2D eigenvalue weighted by molar-refractivity contribution is -0.137. The number of benzene rings is 1. The molecule has 5 nitrogen and oxygen atoms in total. The molecule has 0 saturated heterocycles. The van der Waals surface area contributed by atoms with E-state index in [4.69, 9.17) is 5.11 Å². The lowest BCUT2D eigenvalue weighted by atomic mass is 10.1. The molecule has 0 saturated carbocycles. The number of hydrogen-bond acceptors (Lipinski definition) is 2. The van der Waals surface area contributed by atoms with Crippen molar-refractivity contribution in [3.8, 4) is 0 Å². The van der Waals surface area contributed by atoms with Crippen LogP contribution >= 0.6 is 0 Å². The number of aliphatic carboxylic acids is 1. The third-order valence-electron chi connectivity index (χ3n) is 3.21. The molecular formula is C15H21FN2O3. The Balaban J connectivity index is 2.30. The van der Waals surface area contributed by atoms with E-state index >= 15 is 0 Å². The Morgan fingerprint density at radius 1 is 1.38 bits per heavy atom. The van der Waals surface area contributed by atoms with Gasteiger partial charge in [-0.1, -0.05) is 6.07 Å². The van der Waals surface area contributed by atoms with Crippen molar-refractivity contribution in [2.75, 3.05) is 20.1 Å². The van der Waals surface area contributed by atoms with Crippen molar-refractivity contribution in [3.63, 3.8) is 0 Å². The standard InChI is InChI=1S/C15H21FN2O3/c1-11-10-13(16)6-5-12(11)7-8-17-15(21)18(2)9-3-4-14(19)20/h5-6,10H,3-4,7-9H2,1-2H3,(H,17,21)(H,19,20). The van der Waals surface area contributed by atoms with Gasteiger partial charge in [0.2, 0.25) is 0 Å². The van der Waals surface area contributed by atoms with Crippen LogP contribution in [-0.4, -0.2) is 42.1 Å². The van der Waals surface area contributed by atoms with Crippen LogP contribution in [0.4, 0.5) is 9.18 Å². The highest BCUT2D eigenvalue weighted by Crippen LogP contribution is 2.10. The van der Waals surface area contributed by atoms with Crippen molar-refractivity contribution in [1.29, 1.82) is 0 Å². The third kappa shape index (κ3) is 6.25. The molecular weight excluding hydrogens is 275 g/mol.